The van der Waals surface area contributed by atoms with E-state index in [4.69, 9.17) is 10.5 Å². The van der Waals surface area contributed by atoms with Crippen LogP contribution in [0.15, 0.2) is 12.1 Å². The molecule has 0 saturated heterocycles. The van der Waals surface area contributed by atoms with Crippen LogP contribution in [0.1, 0.15) is 31.1 Å². The molecule has 8 heteroatoms. The van der Waals surface area contributed by atoms with Crippen molar-refractivity contribution in [1.29, 1.82) is 0 Å². The van der Waals surface area contributed by atoms with E-state index in [2.05, 4.69) is 15.4 Å². The Balaban J connectivity index is 2.53. The van der Waals surface area contributed by atoms with Crippen LogP contribution in [0, 0.1) is 5.82 Å². The number of hydrogen-bond acceptors (Lipinski definition) is 6. The molecule has 1 aromatic rings. The SMILES string of the molecule is COC(=O)c1c(N)cc(NCCNC(=O)OC(C)(C)C)cc1F. The molecule has 0 radical (unpaired) electrons. The summed E-state index contributed by atoms with van der Waals surface area (Å²) in [5.74, 6) is -1.61. The topological polar surface area (TPSA) is 103 Å². The van der Waals surface area contributed by atoms with Gasteiger partial charge in [-0.05, 0) is 32.9 Å². The molecule has 0 unspecified atom stereocenters. The average molecular weight is 327 g/mol. The summed E-state index contributed by atoms with van der Waals surface area (Å²) in [6.07, 6.45) is -0.536. The fourth-order valence-electron chi connectivity index (χ4n) is 1.73. The lowest BCUT2D eigenvalue weighted by molar-refractivity contribution is 0.0528. The van der Waals surface area contributed by atoms with Crippen molar-refractivity contribution in [1.82, 2.24) is 5.32 Å². The van der Waals surface area contributed by atoms with Crippen LogP contribution in [0.25, 0.3) is 0 Å². The number of nitrogens with one attached hydrogen (secondary N) is 2. The Morgan fingerprint density at radius 1 is 1.26 bits per heavy atom. The van der Waals surface area contributed by atoms with Crippen molar-refractivity contribution in [2.24, 2.45) is 0 Å². The third-order valence-electron chi connectivity index (χ3n) is 2.63. The fourth-order valence-corrected chi connectivity index (χ4v) is 1.73. The van der Waals surface area contributed by atoms with Crippen LogP contribution in [-0.4, -0.2) is 37.9 Å². The molecule has 0 aliphatic rings. The Bertz CT molecular complexity index is 562. The van der Waals surface area contributed by atoms with E-state index in [0.29, 0.717) is 12.2 Å². The van der Waals surface area contributed by atoms with Crippen molar-refractivity contribution in [3.63, 3.8) is 0 Å². The second kappa shape index (κ2) is 7.66. The summed E-state index contributed by atoms with van der Waals surface area (Å²) < 4.78 is 23.4. The van der Waals surface area contributed by atoms with E-state index in [9.17, 15) is 14.0 Å². The monoisotopic (exact) mass is 327 g/mol. The van der Waals surface area contributed by atoms with Gasteiger partial charge in [0.25, 0.3) is 0 Å². The number of esters is 1. The zero-order chi connectivity index (χ0) is 17.6. The summed E-state index contributed by atoms with van der Waals surface area (Å²) in [5, 5.41) is 5.44. The Morgan fingerprint density at radius 2 is 1.91 bits per heavy atom. The van der Waals surface area contributed by atoms with Gasteiger partial charge in [0.1, 0.15) is 17.0 Å². The largest absolute Gasteiger partial charge is 0.465 e. The number of amides is 1. The van der Waals surface area contributed by atoms with E-state index in [0.717, 1.165) is 13.2 Å². The minimum absolute atomic E-state index is 0.0283. The third-order valence-corrected chi connectivity index (χ3v) is 2.63. The molecule has 0 heterocycles. The minimum Gasteiger partial charge on any atom is -0.465 e. The van der Waals surface area contributed by atoms with Crippen LogP contribution in [0.5, 0.6) is 0 Å². The molecule has 128 valence electrons. The van der Waals surface area contributed by atoms with Gasteiger partial charge in [-0.15, -0.1) is 0 Å². The predicted octanol–water partition coefficient (Wildman–Crippen LogP) is 2.13. The first-order chi connectivity index (χ1) is 10.6. The zero-order valence-corrected chi connectivity index (χ0v) is 13.7. The molecule has 0 bridgehead atoms. The summed E-state index contributed by atoms with van der Waals surface area (Å²) in [4.78, 5) is 22.8. The van der Waals surface area contributed by atoms with Gasteiger partial charge in [-0.2, -0.15) is 0 Å². The molecule has 1 aromatic carbocycles. The van der Waals surface area contributed by atoms with Gasteiger partial charge in [0.05, 0.1) is 12.8 Å². The van der Waals surface area contributed by atoms with Crippen molar-refractivity contribution in [2.75, 3.05) is 31.2 Å². The van der Waals surface area contributed by atoms with Crippen LogP contribution in [0.2, 0.25) is 0 Å². The fraction of sp³-hybridized carbons (Fsp3) is 0.467. The van der Waals surface area contributed by atoms with E-state index in [1.54, 1.807) is 20.8 Å². The molecule has 0 fully saturated rings. The first-order valence-electron chi connectivity index (χ1n) is 7.02. The maximum atomic E-state index is 13.9. The smallest absolute Gasteiger partial charge is 0.407 e. The zero-order valence-electron chi connectivity index (χ0n) is 13.7. The number of ether oxygens (including phenoxy) is 2. The second-order valence-electron chi connectivity index (χ2n) is 5.77. The van der Waals surface area contributed by atoms with Crippen LogP contribution in [0.4, 0.5) is 20.6 Å². The highest BCUT2D eigenvalue weighted by Gasteiger charge is 2.17. The van der Waals surface area contributed by atoms with Crippen molar-refractivity contribution in [3.05, 3.63) is 23.5 Å². The molecule has 4 N–H and O–H groups in total. The number of nitrogens with two attached hydrogens (primary N) is 1. The summed E-state index contributed by atoms with van der Waals surface area (Å²) in [6, 6.07) is 2.55. The summed E-state index contributed by atoms with van der Waals surface area (Å²) >= 11 is 0. The Hall–Kier alpha value is -2.51. The van der Waals surface area contributed by atoms with Gasteiger partial charge < -0.3 is 25.8 Å². The highest BCUT2D eigenvalue weighted by Crippen LogP contribution is 2.22. The second-order valence-corrected chi connectivity index (χ2v) is 5.77. The number of anilines is 2. The van der Waals surface area contributed by atoms with Crippen LogP contribution < -0.4 is 16.4 Å². The number of benzene rings is 1. The standard InChI is InChI=1S/C15H22FN3O4/c1-15(2,3)23-14(21)19-6-5-18-9-7-10(16)12(11(17)8-9)13(20)22-4/h7-8,18H,5-6,17H2,1-4H3,(H,19,21). The minimum atomic E-state index is -0.835. The Morgan fingerprint density at radius 3 is 2.43 bits per heavy atom. The van der Waals surface area contributed by atoms with Gasteiger partial charge in [0.15, 0.2) is 0 Å². The normalized spacial score (nSPS) is 10.8. The Kier molecular flexibility index (Phi) is 6.18. The highest BCUT2D eigenvalue weighted by molar-refractivity contribution is 5.96. The number of rotatable bonds is 5. The van der Waals surface area contributed by atoms with Gasteiger partial charge >= 0.3 is 12.1 Å². The number of halogens is 1. The van der Waals surface area contributed by atoms with Crippen molar-refractivity contribution in [2.45, 2.75) is 26.4 Å². The number of carbonyl (C=O) groups excluding carboxylic acids is 2. The summed E-state index contributed by atoms with van der Waals surface area (Å²) in [7, 11) is 1.15. The van der Waals surface area contributed by atoms with E-state index in [-0.39, 0.29) is 17.8 Å². The van der Waals surface area contributed by atoms with Crippen LogP contribution >= 0.6 is 0 Å². The molecule has 0 spiro atoms. The predicted molar refractivity (Wildman–Crippen MR) is 84.9 cm³/mol. The molecular weight excluding hydrogens is 305 g/mol. The van der Waals surface area contributed by atoms with Gasteiger partial charge in [-0.1, -0.05) is 0 Å². The lowest BCUT2D eigenvalue weighted by atomic mass is 10.1. The molecule has 0 aromatic heterocycles. The maximum Gasteiger partial charge on any atom is 0.407 e. The molecule has 0 aliphatic carbocycles. The van der Waals surface area contributed by atoms with E-state index in [1.165, 1.54) is 6.07 Å². The molecule has 0 aliphatic heterocycles. The molecule has 0 atom stereocenters. The van der Waals surface area contributed by atoms with Crippen molar-refractivity contribution < 1.29 is 23.5 Å². The highest BCUT2D eigenvalue weighted by atomic mass is 19.1. The number of carbonyl (C=O) groups is 2. The molecule has 1 amide bonds. The van der Waals surface area contributed by atoms with Gasteiger partial charge in [0, 0.05) is 18.8 Å². The van der Waals surface area contributed by atoms with Crippen LogP contribution in [-0.2, 0) is 9.47 Å². The average Bonchev–Trinajstić information content (AvgIpc) is 2.40. The Labute approximate surface area is 134 Å². The molecular formula is C15H22FN3O4. The first kappa shape index (κ1) is 18.5. The van der Waals surface area contributed by atoms with Gasteiger partial charge in [0.2, 0.25) is 0 Å². The number of methoxy groups -OCH3 is 1. The van der Waals surface area contributed by atoms with Gasteiger partial charge in [-0.25, -0.2) is 14.0 Å². The number of nitrogen functional groups attached to an aromatic ring is 1. The maximum absolute atomic E-state index is 13.9. The van der Waals surface area contributed by atoms with E-state index < -0.39 is 23.5 Å². The van der Waals surface area contributed by atoms with E-state index >= 15 is 0 Å². The molecule has 1 rings (SSSR count). The number of alkyl carbamates (subject to hydrolysis) is 1. The molecule has 7 nitrogen and oxygen atoms in total. The third kappa shape index (κ3) is 6.01. The quantitative estimate of drug-likeness (QED) is 0.435. The first-order valence-corrected chi connectivity index (χ1v) is 7.02. The van der Waals surface area contributed by atoms with Crippen molar-refractivity contribution >= 4 is 23.4 Å². The van der Waals surface area contributed by atoms with Gasteiger partial charge in [-0.3, -0.25) is 0 Å². The molecule has 0 saturated carbocycles. The lowest BCUT2D eigenvalue weighted by Crippen LogP contribution is -2.35. The van der Waals surface area contributed by atoms with Crippen molar-refractivity contribution in [3.8, 4) is 0 Å². The van der Waals surface area contributed by atoms with E-state index in [1.807, 2.05) is 0 Å². The summed E-state index contributed by atoms with van der Waals surface area (Å²) in [5.41, 5.74) is 5.14. The number of hydrogen-bond donors (Lipinski definition) is 3. The molecule has 23 heavy (non-hydrogen) atoms. The summed E-state index contributed by atoms with van der Waals surface area (Å²) in [6.45, 7) is 5.89. The lowest BCUT2D eigenvalue weighted by Gasteiger charge is -2.19. The van der Waals surface area contributed by atoms with Crippen LogP contribution in [0.3, 0.4) is 0 Å².